The quantitative estimate of drug-likeness (QED) is 0.238. The highest BCUT2D eigenvalue weighted by atomic mass is 14.2. The molecule has 7 aromatic carbocycles. The Morgan fingerprint density at radius 2 is 0.559 bits per heavy atom. The first-order valence-electron chi connectivity index (χ1n) is 11.8. The smallest absolute Gasteiger partial charge is 0 e. The lowest BCUT2D eigenvalue weighted by Crippen LogP contribution is -1.92. The molecule has 0 radical (unpaired) electrons. The minimum Gasteiger partial charge on any atom is -0.0616 e. The monoisotopic (exact) mass is 432 g/mol. The Morgan fingerprint density at radius 1 is 0.265 bits per heavy atom. The van der Waals surface area contributed by atoms with Crippen molar-refractivity contribution in [2.75, 3.05) is 0 Å². The van der Waals surface area contributed by atoms with E-state index < -0.39 is 0 Å². The molecule has 34 heavy (non-hydrogen) atoms. The van der Waals surface area contributed by atoms with Crippen LogP contribution in [-0.4, -0.2) is 0 Å². The first kappa shape index (κ1) is 19.1. The molecule has 0 atom stereocenters. The summed E-state index contributed by atoms with van der Waals surface area (Å²) in [5.41, 5.74) is 5.20. The fraction of sp³-hybridized carbons (Fsp3) is 0. The highest BCUT2D eigenvalue weighted by molar-refractivity contribution is 6.25. The Bertz CT molecular complexity index is 1660. The molecule has 0 bridgehead atoms. The van der Waals surface area contributed by atoms with Crippen LogP contribution in [0.4, 0.5) is 0 Å². The topological polar surface area (TPSA) is 0 Å². The van der Waals surface area contributed by atoms with Gasteiger partial charge in [0.05, 0.1) is 0 Å². The second-order valence-electron chi connectivity index (χ2n) is 8.89. The lowest BCUT2D eigenvalue weighted by molar-refractivity contribution is 1.68. The average molecular weight is 433 g/mol. The van der Waals surface area contributed by atoms with Gasteiger partial charge in [-0.1, -0.05) is 133 Å². The zero-order valence-electron chi connectivity index (χ0n) is 18.7. The summed E-state index contributed by atoms with van der Waals surface area (Å²) in [6.07, 6.45) is 0. The maximum atomic E-state index is 2.29. The number of hydrogen-bond donors (Lipinski definition) is 0. The van der Waals surface area contributed by atoms with Crippen molar-refractivity contribution in [3.05, 3.63) is 133 Å². The summed E-state index contributed by atoms with van der Waals surface area (Å²) in [6, 6.07) is 48.5. The van der Waals surface area contributed by atoms with Crippen LogP contribution in [0, 0.1) is 0 Å². The van der Waals surface area contributed by atoms with Gasteiger partial charge < -0.3 is 0 Å². The molecular weight excluding hydrogens is 408 g/mol. The van der Waals surface area contributed by atoms with Crippen LogP contribution in [0.1, 0.15) is 1.43 Å². The van der Waals surface area contributed by atoms with E-state index in [0.29, 0.717) is 0 Å². The van der Waals surface area contributed by atoms with Crippen LogP contribution in [0.25, 0.3) is 65.3 Å². The Morgan fingerprint density at radius 3 is 0.941 bits per heavy atom. The summed E-state index contributed by atoms with van der Waals surface area (Å²) in [5, 5.41) is 10.3. The molecule has 0 fully saturated rings. The van der Waals surface area contributed by atoms with Crippen molar-refractivity contribution in [2.45, 2.75) is 0 Å². The molecule has 0 aliphatic carbocycles. The molecule has 0 heteroatoms. The molecule has 0 nitrogen and oxygen atoms in total. The second-order valence-corrected chi connectivity index (χ2v) is 8.89. The van der Waals surface area contributed by atoms with E-state index in [4.69, 9.17) is 0 Å². The fourth-order valence-corrected chi connectivity index (χ4v) is 5.60. The molecule has 0 aliphatic heterocycles. The summed E-state index contributed by atoms with van der Waals surface area (Å²) in [6.45, 7) is 0. The van der Waals surface area contributed by atoms with E-state index in [1.54, 1.807) is 0 Å². The van der Waals surface area contributed by atoms with Crippen LogP contribution < -0.4 is 0 Å². The van der Waals surface area contributed by atoms with Gasteiger partial charge in [-0.3, -0.25) is 0 Å². The van der Waals surface area contributed by atoms with E-state index >= 15 is 0 Å². The fourth-order valence-electron chi connectivity index (χ4n) is 5.60. The maximum absolute atomic E-state index is 2.29. The van der Waals surface area contributed by atoms with Crippen molar-refractivity contribution in [3.8, 4) is 22.3 Å². The number of hydrogen-bond acceptors (Lipinski definition) is 0. The number of fused-ring (bicyclic) bond motifs is 4. The van der Waals surface area contributed by atoms with Gasteiger partial charge in [-0.25, -0.2) is 0 Å². The molecule has 0 amide bonds. The molecule has 0 spiro atoms. The number of benzene rings is 7. The molecule has 0 N–H and O–H groups in total. The molecule has 7 rings (SSSR count). The van der Waals surface area contributed by atoms with Crippen molar-refractivity contribution in [1.82, 2.24) is 0 Å². The van der Waals surface area contributed by atoms with Crippen LogP contribution in [0.15, 0.2) is 133 Å². The van der Waals surface area contributed by atoms with Crippen LogP contribution in [0.3, 0.4) is 0 Å². The largest absolute Gasteiger partial charge is 0.0616 e. The Labute approximate surface area is 200 Å². The van der Waals surface area contributed by atoms with Crippen LogP contribution in [0.2, 0.25) is 0 Å². The minimum atomic E-state index is 0. The molecule has 160 valence electrons. The molecule has 0 saturated heterocycles. The Hall–Kier alpha value is -4.42. The van der Waals surface area contributed by atoms with E-state index in [9.17, 15) is 0 Å². The Kier molecular flexibility index (Phi) is 4.25. The van der Waals surface area contributed by atoms with Crippen molar-refractivity contribution < 1.29 is 1.43 Å². The van der Waals surface area contributed by atoms with Gasteiger partial charge in [0.1, 0.15) is 0 Å². The van der Waals surface area contributed by atoms with Gasteiger partial charge in [-0.15, -0.1) is 0 Å². The van der Waals surface area contributed by atoms with Gasteiger partial charge in [0.15, 0.2) is 0 Å². The van der Waals surface area contributed by atoms with Gasteiger partial charge in [0, 0.05) is 1.43 Å². The molecule has 7 aromatic rings. The van der Waals surface area contributed by atoms with Crippen molar-refractivity contribution in [2.24, 2.45) is 0 Å². The third kappa shape index (κ3) is 2.79. The first-order valence-corrected chi connectivity index (χ1v) is 11.8. The van der Waals surface area contributed by atoms with E-state index in [0.717, 1.165) is 0 Å². The Balaban J connectivity index is 0.00000229. The lowest BCUT2D eigenvalue weighted by atomic mass is 9.84. The molecule has 0 aromatic heterocycles. The van der Waals surface area contributed by atoms with Crippen molar-refractivity contribution >= 4 is 43.1 Å². The van der Waals surface area contributed by atoms with Gasteiger partial charge in [-0.2, -0.15) is 0 Å². The SMILES string of the molecule is [HH].c1ccc2c(-c3c4ccccc4c(-c4cccc5ccccc45)c4ccccc34)cccc2c1. The first-order chi connectivity index (χ1) is 16.9. The van der Waals surface area contributed by atoms with Crippen LogP contribution >= 0.6 is 0 Å². The molecule has 0 heterocycles. The lowest BCUT2D eigenvalue weighted by Gasteiger charge is -2.19. The molecule has 0 aliphatic rings. The van der Waals surface area contributed by atoms with Crippen LogP contribution in [0.5, 0.6) is 0 Å². The van der Waals surface area contributed by atoms with Gasteiger partial charge >= 0.3 is 0 Å². The molecule has 0 unspecified atom stereocenters. The van der Waals surface area contributed by atoms with Crippen molar-refractivity contribution in [3.63, 3.8) is 0 Å². The standard InChI is InChI=1S/C34H22.H2/c1-3-15-25-23(11-1)13-9-21-27(25)33-29-17-5-7-19-31(29)34(32-20-8-6-18-30(32)33)28-22-10-14-24-12-2-4-16-26(24)28;/h1-22H;1H. The van der Waals surface area contributed by atoms with E-state index in [-0.39, 0.29) is 1.43 Å². The maximum Gasteiger partial charge on any atom is 0 e. The predicted octanol–water partition coefficient (Wildman–Crippen LogP) is 9.88. The minimum absolute atomic E-state index is 0. The van der Waals surface area contributed by atoms with Gasteiger partial charge in [0.2, 0.25) is 0 Å². The van der Waals surface area contributed by atoms with E-state index in [1.165, 1.54) is 65.3 Å². The summed E-state index contributed by atoms with van der Waals surface area (Å²) in [4.78, 5) is 0. The molecular formula is C34H24. The van der Waals surface area contributed by atoms with Crippen molar-refractivity contribution in [1.29, 1.82) is 0 Å². The third-order valence-electron chi connectivity index (χ3n) is 7.05. The summed E-state index contributed by atoms with van der Waals surface area (Å²) >= 11 is 0. The van der Waals surface area contributed by atoms with Crippen LogP contribution in [-0.2, 0) is 0 Å². The third-order valence-corrected chi connectivity index (χ3v) is 7.05. The van der Waals surface area contributed by atoms with Gasteiger partial charge in [0.25, 0.3) is 0 Å². The highest BCUT2D eigenvalue weighted by Crippen LogP contribution is 2.46. The second kappa shape index (κ2) is 7.57. The normalized spacial score (nSPS) is 11.5. The molecule has 0 saturated carbocycles. The zero-order chi connectivity index (χ0) is 22.5. The van der Waals surface area contributed by atoms with E-state index in [1.807, 2.05) is 0 Å². The zero-order valence-corrected chi connectivity index (χ0v) is 18.7. The predicted molar refractivity (Wildman–Crippen MR) is 149 cm³/mol. The summed E-state index contributed by atoms with van der Waals surface area (Å²) in [5.74, 6) is 0. The summed E-state index contributed by atoms with van der Waals surface area (Å²) in [7, 11) is 0. The van der Waals surface area contributed by atoms with E-state index in [2.05, 4.69) is 133 Å². The average Bonchev–Trinajstić information content (AvgIpc) is 2.91. The number of rotatable bonds is 2. The highest BCUT2D eigenvalue weighted by Gasteiger charge is 2.18. The van der Waals surface area contributed by atoms with Gasteiger partial charge in [-0.05, 0) is 65.3 Å². The summed E-state index contributed by atoms with van der Waals surface area (Å²) < 4.78 is 0.